The second kappa shape index (κ2) is 9.32. The van der Waals surface area contributed by atoms with E-state index in [0.29, 0.717) is 10.6 Å². The number of hydrogen-bond acceptors (Lipinski definition) is 3. The fourth-order valence-corrected chi connectivity index (χ4v) is 4.84. The third-order valence-electron chi connectivity index (χ3n) is 4.71. The molecule has 10 heteroatoms. The average molecular weight is 483 g/mol. The molecule has 168 valence electrons. The van der Waals surface area contributed by atoms with Crippen molar-refractivity contribution in [2.24, 2.45) is 5.73 Å². The number of carbonyl (C=O) groups excluding carboxylic acids is 1. The molecule has 1 atom stereocenters. The summed E-state index contributed by atoms with van der Waals surface area (Å²) < 4.78 is 66.6. The van der Waals surface area contributed by atoms with Gasteiger partial charge in [0.25, 0.3) is 0 Å². The molecule has 0 saturated carbocycles. The molecule has 0 aliphatic rings. The molecule has 0 spiro atoms. The molecule has 0 saturated heterocycles. The fourth-order valence-electron chi connectivity index (χ4n) is 3.14. The lowest BCUT2D eigenvalue weighted by atomic mass is 10.1. The molecular weight excluding hydrogens is 465 g/mol. The number of benzene rings is 3. The van der Waals surface area contributed by atoms with E-state index < -0.39 is 33.7 Å². The Morgan fingerprint density at radius 2 is 1.50 bits per heavy atom. The van der Waals surface area contributed by atoms with Gasteiger partial charge in [0, 0.05) is 11.6 Å². The van der Waals surface area contributed by atoms with E-state index in [9.17, 15) is 26.4 Å². The second-order valence-electron chi connectivity index (χ2n) is 6.91. The van der Waals surface area contributed by atoms with Crippen LogP contribution in [-0.2, 0) is 27.5 Å². The van der Waals surface area contributed by atoms with E-state index in [1.807, 2.05) is 0 Å². The van der Waals surface area contributed by atoms with Crippen molar-refractivity contribution >= 4 is 27.5 Å². The molecule has 2 N–H and O–H groups in total. The molecule has 3 aromatic rings. The highest BCUT2D eigenvalue weighted by Gasteiger charge is 2.36. The topological polar surface area (TPSA) is 80.5 Å². The van der Waals surface area contributed by atoms with Crippen LogP contribution in [0.15, 0.2) is 83.8 Å². The average Bonchev–Trinajstić information content (AvgIpc) is 2.74. The monoisotopic (exact) mass is 482 g/mol. The van der Waals surface area contributed by atoms with Gasteiger partial charge < -0.3 is 5.73 Å². The van der Waals surface area contributed by atoms with E-state index in [1.54, 1.807) is 30.3 Å². The van der Waals surface area contributed by atoms with E-state index >= 15 is 0 Å². The van der Waals surface area contributed by atoms with Gasteiger partial charge in [-0.1, -0.05) is 54.1 Å². The Morgan fingerprint density at radius 3 is 2.00 bits per heavy atom. The Kier molecular flexibility index (Phi) is 6.92. The third-order valence-corrected chi connectivity index (χ3v) is 6.79. The molecule has 3 rings (SSSR count). The molecule has 3 aromatic carbocycles. The van der Waals surface area contributed by atoms with Gasteiger partial charge in [0.15, 0.2) is 0 Å². The van der Waals surface area contributed by atoms with Crippen molar-refractivity contribution in [1.29, 1.82) is 0 Å². The van der Waals surface area contributed by atoms with Crippen LogP contribution >= 0.6 is 11.6 Å². The molecule has 0 heterocycles. The summed E-state index contributed by atoms with van der Waals surface area (Å²) in [5, 5.41) is 0.313. The van der Waals surface area contributed by atoms with E-state index in [-0.39, 0.29) is 17.0 Å². The lowest BCUT2D eigenvalue weighted by molar-refractivity contribution is -0.137. The number of rotatable bonds is 7. The fraction of sp³-hybridized carbons (Fsp3) is 0.136. The van der Waals surface area contributed by atoms with E-state index in [1.165, 1.54) is 24.3 Å². The molecule has 0 fully saturated rings. The predicted octanol–water partition coefficient (Wildman–Crippen LogP) is 4.78. The van der Waals surface area contributed by atoms with Crippen LogP contribution in [0.2, 0.25) is 5.02 Å². The standard InChI is InChI=1S/C22H18ClF3N2O3S/c23-18-10-12-19(13-11-18)32(30,31)28(20(21(27)29)16-4-2-1-3-5-16)14-15-6-8-17(9-7-15)22(24,25)26/h1-13,20H,14H2,(H2,27,29)/t20-/m1/s1. The SMILES string of the molecule is NC(=O)[C@@H](c1ccccc1)N(Cc1ccc(C(F)(F)F)cc1)S(=O)(=O)c1ccc(Cl)cc1. The molecule has 0 radical (unpaired) electrons. The minimum Gasteiger partial charge on any atom is -0.368 e. The minimum absolute atomic E-state index is 0.143. The quantitative estimate of drug-likeness (QED) is 0.526. The number of nitrogens with zero attached hydrogens (tertiary/aromatic N) is 1. The van der Waals surface area contributed by atoms with Gasteiger partial charge in [-0.3, -0.25) is 4.79 Å². The van der Waals surface area contributed by atoms with Crippen molar-refractivity contribution in [2.75, 3.05) is 0 Å². The van der Waals surface area contributed by atoms with Crippen LogP contribution < -0.4 is 5.73 Å². The number of nitrogens with two attached hydrogens (primary N) is 1. The molecule has 5 nitrogen and oxygen atoms in total. The largest absolute Gasteiger partial charge is 0.416 e. The van der Waals surface area contributed by atoms with Crippen LogP contribution in [0.4, 0.5) is 13.2 Å². The first-order chi connectivity index (χ1) is 15.0. The summed E-state index contributed by atoms with van der Waals surface area (Å²) in [5.74, 6) is -0.930. The highest BCUT2D eigenvalue weighted by molar-refractivity contribution is 7.89. The third kappa shape index (κ3) is 5.29. The number of hydrogen-bond donors (Lipinski definition) is 1. The first kappa shape index (κ1) is 23.8. The predicted molar refractivity (Wildman–Crippen MR) is 114 cm³/mol. The summed E-state index contributed by atoms with van der Waals surface area (Å²) in [7, 11) is -4.30. The summed E-state index contributed by atoms with van der Waals surface area (Å²) in [6.07, 6.45) is -4.53. The molecule has 32 heavy (non-hydrogen) atoms. The molecule has 1 amide bonds. The first-order valence-corrected chi connectivity index (χ1v) is 11.1. The van der Waals surface area contributed by atoms with Crippen molar-refractivity contribution in [2.45, 2.75) is 23.7 Å². The van der Waals surface area contributed by atoms with Crippen LogP contribution in [0.25, 0.3) is 0 Å². The van der Waals surface area contributed by atoms with Gasteiger partial charge in [-0.2, -0.15) is 17.5 Å². The number of primary amides is 1. The lowest BCUT2D eigenvalue weighted by Gasteiger charge is -2.29. The smallest absolute Gasteiger partial charge is 0.368 e. The van der Waals surface area contributed by atoms with Crippen molar-refractivity contribution in [1.82, 2.24) is 4.31 Å². The zero-order valence-electron chi connectivity index (χ0n) is 16.5. The van der Waals surface area contributed by atoms with E-state index in [2.05, 4.69) is 0 Å². The zero-order chi connectivity index (χ0) is 23.5. The summed E-state index contributed by atoms with van der Waals surface area (Å²) in [6, 6.07) is 16.0. The Hall–Kier alpha value is -2.88. The van der Waals surface area contributed by atoms with Crippen molar-refractivity contribution < 1.29 is 26.4 Å². The molecule has 0 unspecified atom stereocenters. The van der Waals surface area contributed by atoms with Crippen LogP contribution in [0, 0.1) is 0 Å². The number of halogens is 4. The maximum atomic E-state index is 13.5. The number of sulfonamides is 1. The molecule has 0 aliphatic carbocycles. The van der Waals surface area contributed by atoms with Crippen molar-refractivity contribution in [3.05, 3.63) is 101 Å². The lowest BCUT2D eigenvalue weighted by Crippen LogP contribution is -2.41. The van der Waals surface area contributed by atoms with Gasteiger partial charge in [-0.15, -0.1) is 0 Å². The first-order valence-electron chi connectivity index (χ1n) is 9.28. The van der Waals surface area contributed by atoms with E-state index in [4.69, 9.17) is 17.3 Å². The Balaban J connectivity index is 2.10. The number of carbonyl (C=O) groups is 1. The summed E-state index contributed by atoms with van der Waals surface area (Å²) >= 11 is 5.86. The number of amides is 1. The van der Waals surface area contributed by atoms with Gasteiger partial charge in [-0.25, -0.2) is 8.42 Å². The van der Waals surface area contributed by atoms with Crippen molar-refractivity contribution in [3.8, 4) is 0 Å². The zero-order valence-corrected chi connectivity index (χ0v) is 18.0. The summed E-state index contributed by atoms with van der Waals surface area (Å²) in [4.78, 5) is 12.3. The maximum Gasteiger partial charge on any atom is 0.416 e. The second-order valence-corrected chi connectivity index (χ2v) is 9.24. The number of alkyl halides is 3. The molecule has 0 bridgehead atoms. The van der Waals surface area contributed by atoms with E-state index in [0.717, 1.165) is 28.6 Å². The van der Waals surface area contributed by atoms with Gasteiger partial charge in [-0.05, 0) is 47.5 Å². The van der Waals surface area contributed by atoms with Crippen LogP contribution in [0.3, 0.4) is 0 Å². The van der Waals surface area contributed by atoms with Crippen LogP contribution in [0.1, 0.15) is 22.7 Å². The summed E-state index contributed by atoms with van der Waals surface area (Å²) in [6.45, 7) is -0.383. The van der Waals surface area contributed by atoms with Gasteiger partial charge in [0.1, 0.15) is 6.04 Å². The molecule has 0 aromatic heterocycles. The van der Waals surface area contributed by atoms with Gasteiger partial charge in [0.2, 0.25) is 15.9 Å². The van der Waals surface area contributed by atoms with Crippen molar-refractivity contribution in [3.63, 3.8) is 0 Å². The summed E-state index contributed by atoms with van der Waals surface area (Å²) in [5.41, 5.74) is 5.29. The Morgan fingerprint density at radius 1 is 0.938 bits per heavy atom. The Labute approximate surface area is 188 Å². The Bertz CT molecular complexity index is 1180. The molecule has 0 aliphatic heterocycles. The highest BCUT2D eigenvalue weighted by Crippen LogP contribution is 2.32. The normalized spacial score (nSPS) is 13.2. The van der Waals surface area contributed by atoms with Gasteiger partial charge >= 0.3 is 6.18 Å². The van der Waals surface area contributed by atoms with Gasteiger partial charge in [0.05, 0.1) is 10.5 Å². The van der Waals surface area contributed by atoms with Crippen LogP contribution in [-0.4, -0.2) is 18.6 Å². The highest BCUT2D eigenvalue weighted by atomic mass is 35.5. The maximum absolute atomic E-state index is 13.5. The molecular formula is C22H18ClF3N2O3S. The van der Waals surface area contributed by atoms with Crippen LogP contribution in [0.5, 0.6) is 0 Å². The minimum atomic E-state index is -4.53.